The first-order chi connectivity index (χ1) is 30.0. The Bertz CT molecular complexity index is 1080. The zero-order valence-electron chi connectivity index (χ0n) is 40.1. The lowest BCUT2D eigenvalue weighted by atomic mass is 10.1. The Labute approximate surface area is 378 Å². The van der Waals surface area contributed by atoms with E-state index in [1.54, 1.807) is 6.08 Å². The Morgan fingerprint density at radius 2 is 0.869 bits per heavy atom. The smallest absolute Gasteiger partial charge is 0.305 e. The number of carbonyl (C=O) groups excluding carboxylic acids is 2. The molecule has 0 aliphatic rings. The third kappa shape index (κ3) is 46.9. The van der Waals surface area contributed by atoms with Gasteiger partial charge >= 0.3 is 5.97 Å². The minimum absolute atomic E-state index is 0.0315. The summed E-state index contributed by atoms with van der Waals surface area (Å²) in [7, 11) is 0. The van der Waals surface area contributed by atoms with Gasteiger partial charge in [0.1, 0.15) is 0 Å². The van der Waals surface area contributed by atoms with E-state index in [1.165, 1.54) is 141 Å². The number of hydrogen-bond donors (Lipinski definition) is 3. The summed E-state index contributed by atoms with van der Waals surface area (Å²) in [4.78, 5) is 24.4. The van der Waals surface area contributed by atoms with E-state index >= 15 is 0 Å². The average Bonchev–Trinajstić information content (AvgIpc) is 3.26. The minimum atomic E-state index is -0.859. The molecule has 354 valence electrons. The van der Waals surface area contributed by atoms with Gasteiger partial charge in [-0.2, -0.15) is 0 Å². The quantitative estimate of drug-likeness (QED) is 0.0245. The molecule has 0 saturated heterocycles. The van der Waals surface area contributed by atoms with E-state index in [0.717, 1.165) is 83.5 Å². The van der Waals surface area contributed by atoms with Gasteiger partial charge in [-0.1, -0.05) is 203 Å². The molecule has 3 N–H and O–H groups in total. The Kier molecular flexibility index (Phi) is 48.2. The number of ether oxygens (including phenoxy) is 1. The molecule has 0 radical (unpaired) electrons. The Balaban J connectivity index is 3.55. The molecule has 0 heterocycles. The van der Waals surface area contributed by atoms with E-state index in [4.69, 9.17) is 4.74 Å². The molecule has 6 nitrogen and oxygen atoms in total. The fourth-order valence-corrected chi connectivity index (χ4v) is 7.48. The number of amides is 1. The fourth-order valence-electron chi connectivity index (χ4n) is 7.48. The second-order valence-electron chi connectivity index (χ2n) is 17.5. The maximum atomic E-state index is 12.4. The Hall–Kier alpha value is -2.44. The normalized spacial score (nSPS) is 13.2. The van der Waals surface area contributed by atoms with Gasteiger partial charge in [0, 0.05) is 12.8 Å². The molecule has 0 aliphatic heterocycles. The van der Waals surface area contributed by atoms with Crippen molar-refractivity contribution in [1.82, 2.24) is 5.32 Å². The molecule has 61 heavy (non-hydrogen) atoms. The third-order valence-corrected chi connectivity index (χ3v) is 11.5. The highest BCUT2D eigenvalue weighted by atomic mass is 16.5. The highest BCUT2D eigenvalue weighted by molar-refractivity contribution is 5.76. The summed E-state index contributed by atoms with van der Waals surface area (Å²) >= 11 is 0. The van der Waals surface area contributed by atoms with Crippen LogP contribution in [0.4, 0.5) is 0 Å². The van der Waals surface area contributed by atoms with Gasteiger partial charge in [0.25, 0.3) is 0 Å². The summed E-state index contributed by atoms with van der Waals surface area (Å²) in [5.74, 6) is -0.126. The maximum Gasteiger partial charge on any atom is 0.305 e. The SMILES string of the molecule is CCCCCC/C=C\C/C=C\CCCCCCCCCC(=O)OCCCCC/C=C\C=C/CCCCCCCCC(=O)NC(CO)C(O)/C=C/CCCCCCCCCCC. The molecule has 0 aromatic rings. The number of unbranched alkanes of at least 4 members (excludes halogenated alkanes) is 29. The standard InChI is InChI=1S/C55H99NO5/c1-3-5-7-9-11-13-15-16-17-18-19-22-25-29-33-37-41-45-49-55(60)61-50-46-42-38-34-30-26-23-20-21-24-28-32-36-40-44-48-54(59)56-52(51-57)53(58)47-43-39-35-31-27-14-12-10-8-6-4-2/h13,15,17-18,20,23,26,30,43,47,52-53,57-58H,3-12,14,16,19,21-22,24-25,27-29,31-42,44-46,48-51H2,1-2H3,(H,56,59)/b15-13-,18-17-,23-20-,30-26-,47-43+. The predicted molar refractivity (Wildman–Crippen MR) is 264 cm³/mol. The predicted octanol–water partition coefficient (Wildman–Crippen LogP) is 15.6. The molecule has 0 aliphatic carbocycles. The van der Waals surface area contributed by atoms with Crippen LogP contribution in [-0.2, 0) is 14.3 Å². The first kappa shape index (κ1) is 58.6. The van der Waals surface area contributed by atoms with Gasteiger partial charge in [-0.25, -0.2) is 0 Å². The summed E-state index contributed by atoms with van der Waals surface area (Å²) in [5.41, 5.74) is 0. The number of allylic oxidation sites excluding steroid dienone is 9. The van der Waals surface area contributed by atoms with Crippen LogP contribution in [0.5, 0.6) is 0 Å². The number of hydrogen-bond acceptors (Lipinski definition) is 5. The molecular weight excluding hydrogens is 755 g/mol. The van der Waals surface area contributed by atoms with Crippen molar-refractivity contribution >= 4 is 11.9 Å². The van der Waals surface area contributed by atoms with E-state index in [-0.39, 0.29) is 18.5 Å². The van der Waals surface area contributed by atoms with Gasteiger partial charge in [0.15, 0.2) is 0 Å². The summed E-state index contributed by atoms with van der Waals surface area (Å²) in [5, 5.41) is 22.9. The van der Waals surface area contributed by atoms with Crippen molar-refractivity contribution in [3.05, 3.63) is 60.8 Å². The van der Waals surface area contributed by atoms with E-state index in [1.807, 2.05) is 6.08 Å². The molecule has 0 aromatic carbocycles. The van der Waals surface area contributed by atoms with Gasteiger partial charge in [-0.15, -0.1) is 0 Å². The lowest BCUT2D eigenvalue weighted by molar-refractivity contribution is -0.143. The van der Waals surface area contributed by atoms with Gasteiger partial charge in [0.05, 0.1) is 25.4 Å². The van der Waals surface area contributed by atoms with E-state index in [0.29, 0.717) is 19.4 Å². The summed E-state index contributed by atoms with van der Waals surface area (Å²) in [6.45, 7) is 4.80. The van der Waals surface area contributed by atoms with Crippen molar-refractivity contribution in [1.29, 1.82) is 0 Å². The second-order valence-corrected chi connectivity index (χ2v) is 17.5. The number of aliphatic hydroxyl groups excluding tert-OH is 2. The molecule has 2 atom stereocenters. The van der Waals surface area contributed by atoms with Crippen LogP contribution in [0.1, 0.15) is 251 Å². The second kappa shape index (κ2) is 50.2. The van der Waals surface area contributed by atoms with Crippen molar-refractivity contribution in [3.8, 4) is 0 Å². The fraction of sp³-hybridized carbons (Fsp3) is 0.782. The molecule has 2 unspecified atom stereocenters. The highest BCUT2D eigenvalue weighted by Gasteiger charge is 2.18. The number of esters is 1. The summed E-state index contributed by atoms with van der Waals surface area (Å²) < 4.78 is 5.44. The van der Waals surface area contributed by atoms with Gasteiger partial charge in [0.2, 0.25) is 5.91 Å². The maximum absolute atomic E-state index is 12.4. The first-order valence-corrected chi connectivity index (χ1v) is 26.1. The van der Waals surface area contributed by atoms with Crippen LogP contribution in [-0.4, -0.2) is 47.4 Å². The van der Waals surface area contributed by atoms with Crippen LogP contribution in [0.3, 0.4) is 0 Å². The van der Waals surface area contributed by atoms with Crippen LogP contribution in [0, 0.1) is 0 Å². The van der Waals surface area contributed by atoms with Crippen molar-refractivity contribution in [2.24, 2.45) is 0 Å². The van der Waals surface area contributed by atoms with Crippen molar-refractivity contribution in [2.45, 2.75) is 264 Å². The molecule has 6 heteroatoms. The van der Waals surface area contributed by atoms with Crippen LogP contribution >= 0.6 is 0 Å². The van der Waals surface area contributed by atoms with E-state index < -0.39 is 12.1 Å². The molecule has 0 spiro atoms. The average molecular weight is 854 g/mol. The molecule has 0 aromatic heterocycles. The Morgan fingerprint density at radius 1 is 0.475 bits per heavy atom. The van der Waals surface area contributed by atoms with Crippen LogP contribution in [0.2, 0.25) is 0 Å². The number of aliphatic hydroxyl groups is 2. The number of rotatable bonds is 47. The lowest BCUT2D eigenvalue weighted by Gasteiger charge is -2.20. The molecule has 1 amide bonds. The summed E-state index contributed by atoms with van der Waals surface area (Å²) in [6, 6.07) is -0.645. The van der Waals surface area contributed by atoms with E-state index in [2.05, 4.69) is 67.8 Å². The minimum Gasteiger partial charge on any atom is -0.466 e. The number of carbonyl (C=O) groups is 2. The molecule has 0 rings (SSSR count). The molecule has 0 bridgehead atoms. The van der Waals surface area contributed by atoms with Gasteiger partial charge in [-0.3, -0.25) is 9.59 Å². The first-order valence-electron chi connectivity index (χ1n) is 26.1. The van der Waals surface area contributed by atoms with Crippen molar-refractivity contribution < 1.29 is 24.5 Å². The van der Waals surface area contributed by atoms with Gasteiger partial charge < -0.3 is 20.3 Å². The van der Waals surface area contributed by atoms with Crippen LogP contribution in [0.15, 0.2) is 60.8 Å². The van der Waals surface area contributed by atoms with Crippen molar-refractivity contribution in [3.63, 3.8) is 0 Å². The van der Waals surface area contributed by atoms with Crippen molar-refractivity contribution in [2.75, 3.05) is 13.2 Å². The molecular formula is C55H99NO5. The largest absolute Gasteiger partial charge is 0.466 e. The topological polar surface area (TPSA) is 95.9 Å². The zero-order chi connectivity index (χ0) is 44.4. The van der Waals surface area contributed by atoms with Crippen LogP contribution < -0.4 is 5.32 Å². The highest BCUT2D eigenvalue weighted by Crippen LogP contribution is 2.14. The molecule has 0 fully saturated rings. The third-order valence-electron chi connectivity index (χ3n) is 11.5. The monoisotopic (exact) mass is 854 g/mol. The summed E-state index contributed by atoms with van der Waals surface area (Å²) in [6.07, 6.45) is 63.7. The zero-order valence-corrected chi connectivity index (χ0v) is 40.1. The van der Waals surface area contributed by atoms with Crippen LogP contribution in [0.25, 0.3) is 0 Å². The Morgan fingerprint density at radius 3 is 1.36 bits per heavy atom. The molecule has 0 saturated carbocycles. The van der Waals surface area contributed by atoms with Gasteiger partial charge in [-0.05, 0) is 96.3 Å². The number of nitrogens with one attached hydrogen (secondary N) is 1. The lowest BCUT2D eigenvalue weighted by Crippen LogP contribution is -2.45. The van der Waals surface area contributed by atoms with E-state index in [9.17, 15) is 19.8 Å².